The van der Waals surface area contributed by atoms with Gasteiger partial charge in [-0.2, -0.15) is 10.1 Å². The van der Waals surface area contributed by atoms with E-state index in [2.05, 4.69) is 44.4 Å². The topological polar surface area (TPSA) is 80.3 Å². The first-order valence-electron chi connectivity index (χ1n) is 10.9. The maximum absolute atomic E-state index is 13.1. The number of likely N-dealkylation sites (tertiary alicyclic amines) is 2. The molecule has 0 radical (unpaired) electrons. The lowest BCUT2D eigenvalue weighted by Gasteiger charge is -2.42. The number of fused-ring (bicyclic) bond motifs is 1. The van der Waals surface area contributed by atoms with Crippen molar-refractivity contribution < 1.29 is 9.32 Å². The van der Waals surface area contributed by atoms with Gasteiger partial charge in [-0.3, -0.25) is 14.4 Å². The van der Waals surface area contributed by atoms with E-state index in [1.807, 2.05) is 31.0 Å². The van der Waals surface area contributed by atoms with E-state index in [4.69, 9.17) is 4.52 Å². The fourth-order valence-corrected chi connectivity index (χ4v) is 5.15. The third-order valence-corrected chi connectivity index (χ3v) is 6.62. The molecule has 2 aromatic heterocycles. The number of rotatable bonds is 5. The Bertz CT molecular complexity index is 1060. The molecule has 0 spiro atoms. The lowest BCUT2D eigenvalue weighted by Crippen LogP contribution is -2.54. The molecule has 3 aromatic rings. The molecule has 31 heavy (non-hydrogen) atoms. The van der Waals surface area contributed by atoms with Crippen molar-refractivity contribution in [3.63, 3.8) is 0 Å². The summed E-state index contributed by atoms with van der Waals surface area (Å²) >= 11 is 0. The summed E-state index contributed by atoms with van der Waals surface area (Å²) in [5.74, 6) is 1.78. The first-order valence-corrected chi connectivity index (χ1v) is 10.9. The number of hydrogen-bond acceptors (Lipinski definition) is 6. The predicted octanol–water partition coefficient (Wildman–Crippen LogP) is 2.19. The highest BCUT2D eigenvalue weighted by Gasteiger charge is 2.54. The fraction of sp³-hybridized carbons (Fsp3) is 0.478. The molecule has 0 N–H and O–H groups in total. The predicted molar refractivity (Wildman–Crippen MR) is 114 cm³/mol. The molecule has 2 atom stereocenters. The van der Waals surface area contributed by atoms with E-state index >= 15 is 0 Å². The van der Waals surface area contributed by atoms with Crippen LogP contribution in [0.4, 0.5) is 0 Å². The molecular weight excluding hydrogens is 392 g/mol. The summed E-state index contributed by atoms with van der Waals surface area (Å²) in [4.78, 5) is 22.2. The Labute approximate surface area is 181 Å². The van der Waals surface area contributed by atoms with E-state index in [0.717, 1.165) is 44.0 Å². The molecule has 8 heteroatoms. The second kappa shape index (κ2) is 7.92. The second-order valence-corrected chi connectivity index (χ2v) is 8.96. The quantitative estimate of drug-likeness (QED) is 0.630. The van der Waals surface area contributed by atoms with Crippen molar-refractivity contribution in [3.05, 3.63) is 65.6 Å². The van der Waals surface area contributed by atoms with Gasteiger partial charge in [-0.25, -0.2) is 0 Å². The van der Waals surface area contributed by atoms with Gasteiger partial charge >= 0.3 is 0 Å². The zero-order chi connectivity index (χ0) is 21.4. The van der Waals surface area contributed by atoms with Crippen LogP contribution in [-0.4, -0.2) is 61.8 Å². The highest BCUT2D eigenvalue weighted by molar-refractivity contribution is 5.76. The summed E-state index contributed by atoms with van der Waals surface area (Å²) in [6.45, 7) is 8.10. The van der Waals surface area contributed by atoms with E-state index < -0.39 is 0 Å². The zero-order valence-electron chi connectivity index (χ0n) is 18.1. The van der Waals surface area contributed by atoms with Gasteiger partial charge in [0.2, 0.25) is 11.8 Å². The van der Waals surface area contributed by atoms with E-state index in [-0.39, 0.29) is 17.9 Å². The fourth-order valence-electron chi connectivity index (χ4n) is 5.15. The third kappa shape index (κ3) is 3.87. The first-order chi connectivity index (χ1) is 15.0. The van der Waals surface area contributed by atoms with Crippen LogP contribution in [0.5, 0.6) is 0 Å². The molecular formula is C23H28N6O2. The van der Waals surface area contributed by atoms with Crippen LogP contribution in [0.25, 0.3) is 0 Å². The van der Waals surface area contributed by atoms with Gasteiger partial charge < -0.3 is 9.42 Å². The van der Waals surface area contributed by atoms with Crippen molar-refractivity contribution in [3.8, 4) is 0 Å². The number of piperidine rings is 1. The van der Waals surface area contributed by atoms with Crippen LogP contribution in [0.2, 0.25) is 0 Å². The molecule has 2 aliphatic heterocycles. The van der Waals surface area contributed by atoms with Crippen LogP contribution < -0.4 is 0 Å². The number of carbonyl (C=O) groups is 1. The maximum Gasteiger partial charge on any atom is 0.244 e. The van der Waals surface area contributed by atoms with E-state index in [1.54, 1.807) is 10.9 Å². The summed E-state index contributed by atoms with van der Waals surface area (Å²) < 4.78 is 7.08. The number of carbonyl (C=O) groups excluding carboxylic acids is 1. The molecule has 0 saturated carbocycles. The average Bonchev–Trinajstić information content (AvgIpc) is 3.47. The molecule has 2 saturated heterocycles. The van der Waals surface area contributed by atoms with Gasteiger partial charge in [0.15, 0.2) is 5.82 Å². The molecule has 162 valence electrons. The standard InChI is InChI=1S/C23H28N6O2/c1-17-10-24-29(11-17)14-21(30)28-9-8-20-13-27(12-19-6-4-3-5-7-19)15-23(20,16-28)22-25-18(2)31-26-22/h3-7,10-11,20H,8-9,12-16H2,1-2H3/t20-,23+/m0/s1. The Kier molecular flexibility index (Phi) is 5.09. The van der Waals surface area contributed by atoms with Crippen LogP contribution in [0, 0.1) is 19.8 Å². The van der Waals surface area contributed by atoms with Crippen LogP contribution >= 0.6 is 0 Å². The molecule has 1 amide bonds. The smallest absolute Gasteiger partial charge is 0.244 e. The summed E-state index contributed by atoms with van der Waals surface area (Å²) in [5.41, 5.74) is 2.04. The second-order valence-electron chi connectivity index (χ2n) is 8.96. The van der Waals surface area contributed by atoms with Gasteiger partial charge in [0, 0.05) is 45.8 Å². The highest BCUT2D eigenvalue weighted by Crippen LogP contribution is 2.44. The summed E-state index contributed by atoms with van der Waals surface area (Å²) in [6.07, 6.45) is 4.62. The molecule has 5 rings (SSSR count). The van der Waals surface area contributed by atoms with Crippen LogP contribution in [-0.2, 0) is 23.3 Å². The molecule has 0 unspecified atom stereocenters. The number of benzene rings is 1. The third-order valence-electron chi connectivity index (χ3n) is 6.62. The Hall–Kier alpha value is -3.00. The molecule has 8 nitrogen and oxygen atoms in total. The number of amides is 1. The molecule has 1 aromatic carbocycles. The van der Waals surface area contributed by atoms with Gasteiger partial charge in [-0.1, -0.05) is 35.5 Å². The van der Waals surface area contributed by atoms with Gasteiger partial charge in [-0.05, 0) is 30.4 Å². The average molecular weight is 421 g/mol. The number of aromatic nitrogens is 4. The van der Waals surface area contributed by atoms with Crippen molar-refractivity contribution in [2.75, 3.05) is 26.2 Å². The SMILES string of the molecule is Cc1cnn(CC(=O)N2CC[C@H]3CN(Cc4ccccc4)C[C@@]3(c3noc(C)n3)C2)c1. The van der Waals surface area contributed by atoms with E-state index in [9.17, 15) is 4.79 Å². The van der Waals surface area contributed by atoms with E-state index in [0.29, 0.717) is 18.4 Å². The van der Waals surface area contributed by atoms with Crippen LogP contribution in [0.3, 0.4) is 0 Å². The van der Waals surface area contributed by atoms with Crippen LogP contribution in [0.15, 0.2) is 47.2 Å². The minimum atomic E-state index is -0.305. The monoisotopic (exact) mass is 420 g/mol. The number of hydrogen-bond donors (Lipinski definition) is 0. The summed E-state index contributed by atoms with van der Waals surface area (Å²) in [5, 5.41) is 8.60. The van der Waals surface area contributed by atoms with Crippen molar-refractivity contribution in [1.29, 1.82) is 0 Å². The normalized spacial score (nSPS) is 23.8. The Morgan fingerprint density at radius 1 is 1.23 bits per heavy atom. The summed E-state index contributed by atoms with van der Waals surface area (Å²) in [6, 6.07) is 10.5. The maximum atomic E-state index is 13.1. The molecule has 2 aliphatic rings. The largest absolute Gasteiger partial charge is 0.340 e. The van der Waals surface area contributed by atoms with E-state index in [1.165, 1.54) is 5.56 Å². The minimum Gasteiger partial charge on any atom is -0.340 e. The Balaban J connectivity index is 1.38. The van der Waals surface area contributed by atoms with Crippen LogP contribution in [0.1, 0.15) is 29.3 Å². The lowest BCUT2D eigenvalue weighted by atomic mass is 9.72. The van der Waals surface area contributed by atoms with Crippen molar-refractivity contribution in [2.45, 2.75) is 38.8 Å². The molecule has 4 heterocycles. The minimum absolute atomic E-state index is 0.0858. The Morgan fingerprint density at radius 2 is 2.06 bits per heavy atom. The van der Waals surface area contributed by atoms with Crippen molar-refractivity contribution >= 4 is 5.91 Å². The molecule has 0 bridgehead atoms. The Morgan fingerprint density at radius 3 is 2.77 bits per heavy atom. The molecule has 0 aliphatic carbocycles. The van der Waals surface area contributed by atoms with Crippen molar-refractivity contribution in [1.82, 2.24) is 29.7 Å². The van der Waals surface area contributed by atoms with Gasteiger partial charge in [0.1, 0.15) is 6.54 Å². The molecule has 2 fully saturated rings. The number of nitrogens with zero attached hydrogens (tertiary/aromatic N) is 6. The van der Waals surface area contributed by atoms with Gasteiger partial charge in [0.25, 0.3) is 0 Å². The van der Waals surface area contributed by atoms with Gasteiger partial charge in [-0.15, -0.1) is 0 Å². The highest BCUT2D eigenvalue weighted by atomic mass is 16.5. The zero-order valence-corrected chi connectivity index (χ0v) is 18.1. The lowest BCUT2D eigenvalue weighted by molar-refractivity contribution is -0.135. The number of aryl methyl sites for hydroxylation is 2. The summed E-state index contributed by atoms with van der Waals surface area (Å²) in [7, 11) is 0. The van der Waals surface area contributed by atoms with Gasteiger partial charge in [0.05, 0.1) is 11.6 Å². The van der Waals surface area contributed by atoms with Crippen molar-refractivity contribution in [2.24, 2.45) is 5.92 Å². The first kappa shape index (κ1) is 19.9.